The molecule has 0 N–H and O–H groups in total. The number of ether oxygens (including phenoxy) is 2. The fraction of sp³-hybridized carbons (Fsp3) is 0.143. The maximum absolute atomic E-state index is 5.41. The number of aryl methyl sites for hydroxylation is 1. The van der Waals surface area contributed by atoms with Gasteiger partial charge in [0, 0.05) is 6.07 Å². The molecule has 3 aromatic carbocycles. The summed E-state index contributed by atoms with van der Waals surface area (Å²) in [7, 11) is 3.21. The van der Waals surface area contributed by atoms with Crippen molar-refractivity contribution in [3.05, 3.63) is 72.3 Å². The molecule has 3 aromatic rings. The summed E-state index contributed by atoms with van der Waals surface area (Å²) in [6.45, 7) is 2.02. The van der Waals surface area contributed by atoms with Crippen LogP contribution in [0, 0.1) is 6.92 Å². The molecule has 0 bridgehead atoms. The van der Waals surface area contributed by atoms with Gasteiger partial charge in [0.25, 0.3) is 0 Å². The van der Waals surface area contributed by atoms with Crippen LogP contribution in [0.25, 0.3) is 0 Å². The van der Waals surface area contributed by atoms with Crippen molar-refractivity contribution < 1.29 is 9.47 Å². The molecule has 0 atom stereocenters. The molecule has 6 nitrogen and oxygen atoms in total. The third-order valence-corrected chi connectivity index (χ3v) is 3.79. The minimum Gasteiger partial charge on any atom is -0.497 e. The zero-order valence-corrected chi connectivity index (χ0v) is 15.5. The summed E-state index contributed by atoms with van der Waals surface area (Å²) in [6.07, 6.45) is 0. The quantitative estimate of drug-likeness (QED) is 0.451. The van der Waals surface area contributed by atoms with E-state index in [1.54, 1.807) is 26.4 Å². The normalized spacial score (nSPS) is 11.2. The average molecular weight is 360 g/mol. The number of methoxy groups -OCH3 is 2. The van der Waals surface area contributed by atoms with Gasteiger partial charge in [0.1, 0.15) is 17.2 Å². The molecular weight excluding hydrogens is 340 g/mol. The molecular formula is C21H20N4O2. The Morgan fingerprint density at radius 2 is 1.30 bits per heavy atom. The second-order valence-corrected chi connectivity index (χ2v) is 5.79. The van der Waals surface area contributed by atoms with Gasteiger partial charge in [-0.1, -0.05) is 12.1 Å². The van der Waals surface area contributed by atoms with Gasteiger partial charge < -0.3 is 9.47 Å². The van der Waals surface area contributed by atoms with Crippen molar-refractivity contribution in [2.45, 2.75) is 6.92 Å². The topological polar surface area (TPSA) is 67.9 Å². The first-order valence-electron chi connectivity index (χ1n) is 8.40. The molecule has 0 aromatic heterocycles. The fourth-order valence-corrected chi connectivity index (χ4v) is 2.38. The largest absolute Gasteiger partial charge is 0.497 e. The first kappa shape index (κ1) is 18.3. The Bertz CT molecular complexity index is 966. The number of rotatable bonds is 6. The van der Waals surface area contributed by atoms with Gasteiger partial charge in [-0.05, 0) is 61.0 Å². The highest BCUT2D eigenvalue weighted by Crippen LogP contribution is 2.33. The van der Waals surface area contributed by atoms with Gasteiger partial charge in [-0.3, -0.25) is 0 Å². The zero-order valence-electron chi connectivity index (χ0n) is 15.5. The number of hydrogen-bond acceptors (Lipinski definition) is 6. The average Bonchev–Trinajstić information content (AvgIpc) is 2.71. The van der Waals surface area contributed by atoms with E-state index in [-0.39, 0.29) is 0 Å². The lowest BCUT2D eigenvalue weighted by Crippen LogP contribution is -1.82. The second kappa shape index (κ2) is 8.71. The van der Waals surface area contributed by atoms with E-state index in [0.717, 1.165) is 22.7 Å². The SMILES string of the molecule is COc1ccc(/N=N/c2ccc(/N=N/c3cccc(C)c3)cc2OC)cc1. The van der Waals surface area contributed by atoms with Crippen LogP contribution < -0.4 is 9.47 Å². The van der Waals surface area contributed by atoms with Gasteiger partial charge >= 0.3 is 0 Å². The summed E-state index contributed by atoms with van der Waals surface area (Å²) in [5, 5.41) is 17.0. The van der Waals surface area contributed by atoms with Crippen LogP contribution in [-0.2, 0) is 0 Å². The standard InChI is InChI=1S/C21H20N4O2/c1-15-5-4-6-17(13-15)23-24-18-9-12-20(21(14-18)27-3)25-22-16-7-10-19(26-2)11-8-16/h4-14H,1-3H3/b24-23+,25-22+. The smallest absolute Gasteiger partial charge is 0.148 e. The molecule has 6 heteroatoms. The third kappa shape index (κ3) is 4.98. The van der Waals surface area contributed by atoms with E-state index in [9.17, 15) is 0 Å². The predicted molar refractivity (Wildman–Crippen MR) is 106 cm³/mol. The van der Waals surface area contributed by atoms with E-state index < -0.39 is 0 Å². The first-order chi connectivity index (χ1) is 13.2. The van der Waals surface area contributed by atoms with Crippen LogP contribution in [-0.4, -0.2) is 14.2 Å². The molecule has 0 aliphatic rings. The van der Waals surface area contributed by atoms with Crippen LogP contribution in [0.4, 0.5) is 22.7 Å². The summed E-state index contributed by atoms with van der Waals surface area (Å²) in [5.41, 5.74) is 3.95. The van der Waals surface area contributed by atoms with Crippen LogP contribution in [0.15, 0.2) is 87.2 Å². The highest BCUT2D eigenvalue weighted by atomic mass is 16.5. The van der Waals surface area contributed by atoms with Crippen LogP contribution in [0.2, 0.25) is 0 Å². The minimum absolute atomic E-state index is 0.577. The summed E-state index contributed by atoms with van der Waals surface area (Å²) in [5.74, 6) is 1.35. The second-order valence-electron chi connectivity index (χ2n) is 5.79. The molecule has 136 valence electrons. The summed E-state index contributed by atoms with van der Waals surface area (Å²) in [4.78, 5) is 0. The molecule has 0 radical (unpaired) electrons. The van der Waals surface area contributed by atoms with E-state index >= 15 is 0 Å². The molecule has 0 fully saturated rings. The molecule has 0 heterocycles. The Balaban J connectivity index is 1.78. The first-order valence-corrected chi connectivity index (χ1v) is 8.40. The number of benzene rings is 3. The summed E-state index contributed by atoms with van der Waals surface area (Å²) in [6, 6.07) is 20.6. The van der Waals surface area contributed by atoms with Crippen molar-refractivity contribution in [2.24, 2.45) is 20.5 Å². The zero-order chi connectivity index (χ0) is 19.1. The van der Waals surface area contributed by atoms with Gasteiger partial charge in [0.15, 0.2) is 0 Å². The molecule has 0 saturated carbocycles. The summed E-state index contributed by atoms with van der Waals surface area (Å²) >= 11 is 0. The van der Waals surface area contributed by atoms with Crippen LogP contribution in [0.5, 0.6) is 11.5 Å². The van der Waals surface area contributed by atoms with Gasteiger partial charge in [0.2, 0.25) is 0 Å². The van der Waals surface area contributed by atoms with Crippen molar-refractivity contribution >= 4 is 22.7 Å². The van der Waals surface area contributed by atoms with Crippen molar-refractivity contribution in [1.82, 2.24) is 0 Å². The van der Waals surface area contributed by atoms with Crippen LogP contribution >= 0.6 is 0 Å². The van der Waals surface area contributed by atoms with Gasteiger partial charge in [0.05, 0.1) is 31.3 Å². The minimum atomic E-state index is 0.577. The Morgan fingerprint density at radius 3 is 1.96 bits per heavy atom. The summed E-state index contributed by atoms with van der Waals surface area (Å²) < 4.78 is 10.5. The van der Waals surface area contributed by atoms with Gasteiger partial charge in [-0.25, -0.2) is 0 Å². The Kier molecular flexibility index (Phi) is 5.89. The molecule has 27 heavy (non-hydrogen) atoms. The Hall–Kier alpha value is -3.54. The monoisotopic (exact) mass is 360 g/mol. The van der Waals surface area contributed by atoms with Crippen LogP contribution in [0.1, 0.15) is 5.56 Å². The Labute approximate surface area is 158 Å². The fourth-order valence-electron chi connectivity index (χ4n) is 2.38. The van der Waals surface area contributed by atoms with E-state index in [1.165, 1.54) is 0 Å². The van der Waals surface area contributed by atoms with Crippen molar-refractivity contribution in [1.29, 1.82) is 0 Å². The number of azo groups is 2. The van der Waals surface area contributed by atoms with Crippen molar-refractivity contribution in [3.8, 4) is 11.5 Å². The third-order valence-electron chi connectivity index (χ3n) is 3.79. The molecule has 0 aliphatic heterocycles. The highest BCUT2D eigenvalue weighted by Gasteiger charge is 2.04. The molecule has 3 rings (SSSR count). The Morgan fingerprint density at radius 1 is 0.630 bits per heavy atom. The lowest BCUT2D eigenvalue weighted by atomic mass is 10.2. The lowest BCUT2D eigenvalue weighted by molar-refractivity contribution is 0.414. The predicted octanol–water partition coefficient (Wildman–Crippen LogP) is 6.84. The van der Waals surface area contributed by atoms with E-state index in [4.69, 9.17) is 9.47 Å². The number of hydrogen-bond donors (Lipinski definition) is 0. The molecule has 0 aliphatic carbocycles. The van der Waals surface area contributed by atoms with E-state index in [1.807, 2.05) is 61.5 Å². The molecule has 0 saturated heterocycles. The lowest BCUT2D eigenvalue weighted by Gasteiger charge is -2.04. The number of nitrogens with zero attached hydrogens (tertiary/aromatic N) is 4. The maximum atomic E-state index is 5.41. The van der Waals surface area contributed by atoms with Gasteiger partial charge in [-0.2, -0.15) is 15.3 Å². The molecule has 0 spiro atoms. The van der Waals surface area contributed by atoms with Gasteiger partial charge in [-0.15, -0.1) is 5.11 Å². The van der Waals surface area contributed by atoms with E-state index in [0.29, 0.717) is 17.1 Å². The van der Waals surface area contributed by atoms with E-state index in [2.05, 4.69) is 20.5 Å². The highest BCUT2D eigenvalue weighted by molar-refractivity contribution is 5.59. The molecule has 0 amide bonds. The maximum Gasteiger partial charge on any atom is 0.148 e. The van der Waals surface area contributed by atoms with Crippen LogP contribution in [0.3, 0.4) is 0 Å². The van der Waals surface area contributed by atoms with Crippen molar-refractivity contribution in [2.75, 3.05) is 14.2 Å². The van der Waals surface area contributed by atoms with Crippen molar-refractivity contribution in [3.63, 3.8) is 0 Å². The molecule has 0 unspecified atom stereocenters.